The number of Topliss-reactive ketones (excluding diaryl/α,β-unsaturated/α-hetero) is 2. The summed E-state index contributed by atoms with van der Waals surface area (Å²) in [6, 6.07) is 23.4. The van der Waals surface area contributed by atoms with Gasteiger partial charge in [0.2, 0.25) is 11.8 Å². The minimum Gasteiger partial charge on any atom is -0.351 e. The summed E-state index contributed by atoms with van der Waals surface area (Å²) in [5.41, 5.74) is 1.47. The van der Waals surface area contributed by atoms with E-state index >= 15 is 0 Å². The molecule has 9 heteroatoms. The lowest BCUT2D eigenvalue weighted by Gasteiger charge is -2.30. The van der Waals surface area contributed by atoms with Crippen molar-refractivity contribution in [3.8, 4) is 0 Å². The Labute approximate surface area is 220 Å². The van der Waals surface area contributed by atoms with Gasteiger partial charge in [0.05, 0.1) is 4.92 Å². The maximum atomic E-state index is 13.4. The molecule has 2 atom stereocenters. The molecular weight excluding hydrogens is 486 g/mol. The van der Waals surface area contributed by atoms with Crippen LogP contribution in [0.1, 0.15) is 36.5 Å². The maximum Gasteiger partial charge on any atom is 0.269 e. The van der Waals surface area contributed by atoms with E-state index in [1.54, 1.807) is 48.5 Å². The highest BCUT2D eigenvalue weighted by Gasteiger charge is 2.44. The number of nitrogens with one attached hydrogen (secondary N) is 2. The van der Waals surface area contributed by atoms with Gasteiger partial charge in [0.15, 0.2) is 0 Å². The first-order valence-corrected chi connectivity index (χ1v) is 12.1. The summed E-state index contributed by atoms with van der Waals surface area (Å²) < 4.78 is 0. The first-order chi connectivity index (χ1) is 18.2. The zero-order valence-corrected chi connectivity index (χ0v) is 21.1. The number of hydrogen-bond acceptors (Lipinski definition) is 6. The van der Waals surface area contributed by atoms with Gasteiger partial charge >= 0.3 is 0 Å². The van der Waals surface area contributed by atoms with Crippen LogP contribution < -0.4 is 10.6 Å². The van der Waals surface area contributed by atoms with Crippen LogP contribution >= 0.6 is 0 Å². The molecule has 2 amide bonds. The quantitative estimate of drug-likeness (QED) is 0.214. The molecule has 9 nitrogen and oxygen atoms in total. The van der Waals surface area contributed by atoms with Gasteiger partial charge in [-0.2, -0.15) is 0 Å². The van der Waals surface area contributed by atoms with Crippen molar-refractivity contribution in [2.45, 2.75) is 32.9 Å². The lowest BCUT2D eigenvalue weighted by atomic mass is 9.72. The average Bonchev–Trinajstić information content (AvgIpc) is 2.91. The van der Waals surface area contributed by atoms with Gasteiger partial charge in [0.1, 0.15) is 23.4 Å². The number of benzene rings is 3. The Morgan fingerprint density at radius 3 is 1.55 bits per heavy atom. The fraction of sp³-hybridized carbons (Fsp3) is 0.241. The summed E-state index contributed by atoms with van der Waals surface area (Å²) in [4.78, 5) is 63.5. The van der Waals surface area contributed by atoms with Crippen LogP contribution in [0.25, 0.3) is 0 Å². The van der Waals surface area contributed by atoms with E-state index in [1.165, 1.54) is 38.1 Å². The van der Waals surface area contributed by atoms with Crippen molar-refractivity contribution in [1.29, 1.82) is 0 Å². The standard InChI is InChI=1S/C29H29N3O6/c1-19(33)25(28(35)30-17-21-10-5-3-6-11-21)27(23-14-9-15-24(16-23)32(37)38)26(20(2)34)29(36)31-18-22-12-7-4-8-13-22/h3-16,25-27H,17-18H2,1-2H3,(H,30,35)(H,31,36). The third kappa shape index (κ3) is 7.19. The molecule has 0 aliphatic rings. The van der Waals surface area contributed by atoms with Crippen molar-refractivity contribution < 1.29 is 24.1 Å². The normalized spacial score (nSPS) is 13.0. The highest BCUT2D eigenvalue weighted by atomic mass is 16.6. The molecule has 0 aliphatic heterocycles. The number of carbonyl (C=O) groups excluding carboxylic acids is 4. The minimum absolute atomic E-state index is 0.121. The molecule has 38 heavy (non-hydrogen) atoms. The molecule has 0 spiro atoms. The van der Waals surface area contributed by atoms with Crippen molar-refractivity contribution in [1.82, 2.24) is 10.6 Å². The second-order valence-corrected chi connectivity index (χ2v) is 8.96. The number of ketones is 2. The predicted molar refractivity (Wildman–Crippen MR) is 141 cm³/mol. The SMILES string of the molecule is CC(=O)C(C(=O)NCc1ccccc1)C(c1cccc([N+](=O)[O-])c1)C(C(C)=O)C(=O)NCc1ccccc1. The largest absolute Gasteiger partial charge is 0.351 e. The van der Waals surface area contributed by atoms with Gasteiger partial charge < -0.3 is 10.6 Å². The molecule has 0 aromatic heterocycles. The molecule has 0 bridgehead atoms. The average molecular weight is 516 g/mol. The molecule has 0 saturated carbocycles. The molecule has 0 radical (unpaired) electrons. The highest BCUT2D eigenvalue weighted by Crippen LogP contribution is 2.36. The predicted octanol–water partition coefficient (Wildman–Crippen LogP) is 3.72. The Hall–Kier alpha value is -4.66. The zero-order valence-electron chi connectivity index (χ0n) is 21.1. The lowest BCUT2D eigenvalue weighted by molar-refractivity contribution is -0.384. The summed E-state index contributed by atoms with van der Waals surface area (Å²) in [6.07, 6.45) is 0. The zero-order chi connectivity index (χ0) is 27.7. The number of nitro benzene ring substituents is 1. The Kier molecular flexibility index (Phi) is 9.59. The van der Waals surface area contributed by atoms with Gasteiger partial charge in [-0.1, -0.05) is 72.8 Å². The summed E-state index contributed by atoms with van der Waals surface area (Å²) in [5.74, 6) is -6.67. The Morgan fingerprint density at radius 1 is 0.711 bits per heavy atom. The van der Waals surface area contributed by atoms with Crippen LogP contribution in [0.15, 0.2) is 84.9 Å². The van der Waals surface area contributed by atoms with Crippen molar-refractivity contribution in [3.05, 3.63) is 112 Å². The van der Waals surface area contributed by atoms with Crippen LogP contribution in [0.2, 0.25) is 0 Å². The monoisotopic (exact) mass is 515 g/mol. The van der Waals surface area contributed by atoms with E-state index in [1.807, 2.05) is 12.1 Å². The molecular formula is C29H29N3O6. The van der Waals surface area contributed by atoms with E-state index in [4.69, 9.17) is 0 Å². The van der Waals surface area contributed by atoms with Gasteiger partial charge in [-0.05, 0) is 30.5 Å². The maximum absolute atomic E-state index is 13.4. The topological polar surface area (TPSA) is 135 Å². The molecule has 0 heterocycles. The number of hydrogen-bond donors (Lipinski definition) is 2. The lowest BCUT2D eigenvalue weighted by Crippen LogP contribution is -2.46. The number of non-ortho nitro benzene ring substituents is 1. The fourth-order valence-electron chi connectivity index (χ4n) is 4.41. The van der Waals surface area contributed by atoms with E-state index in [-0.39, 0.29) is 24.3 Å². The van der Waals surface area contributed by atoms with Gasteiger partial charge in [-0.25, -0.2) is 0 Å². The molecule has 3 rings (SSSR count). The fourth-order valence-corrected chi connectivity index (χ4v) is 4.41. The molecule has 0 saturated heterocycles. The molecule has 3 aromatic carbocycles. The molecule has 0 fully saturated rings. The van der Waals surface area contributed by atoms with Crippen LogP contribution in [-0.2, 0) is 32.3 Å². The summed E-state index contributed by atoms with van der Waals surface area (Å²) >= 11 is 0. The van der Waals surface area contributed by atoms with E-state index < -0.39 is 46.1 Å². The number of nitro groups is 1. The smallest absolute Gasteiger partial charge is 0.269 e. The van der Waals surface area contributed by atoms with Crippen LogP contribution in [0.5, 0.6) is 0 Å². The van der Waals surface area contributed by atoms with E-state index in [2.05, 4.69) is 10.6 Å². The number of amides is 2. The third-order valence-corrected chi connectivity index (χ3v) is 6.24. The summed E-state index contributed by atoms with van der Waals surface area (Å²) in [6.45, 7) is 2.65. The highest BCUT2D eigenvalue weighted by molar-refractivity contribution is 6.06. The second kappa shape index (κ2) is 13.0. The number of nitrogens with zero attached hydrogens (tertiary/aromatic N) is 1. The molecule has 2 N–H and O–H groups in total. The summed E-state index contributed by atoms with van der Waals surface area (Å²) in [7, 11) is 0. The van der Waals surface area contributed by atoms with Crippen molar-refractivity contribution in [2.75, 3.05) is 0 Å². The van der Waals surface area contributed by atoms with E-state index in [0.29, 0.717) is 0 Å². The Balaban J connectivity index is 2.01. The number of carbonyl (C=O) groups is 4. The van der Waals surface area contributed by atoms with Gasteiger partial charge in [0.25, 0.3) is 5.69 Å². The number of rotatable bonds is 12. The summed E-state index contributed by atoms with van der Waals surface area (Å²) in [5, 5.41) is 16.9. The van der Waals surface area contributed by atoms with Crippen LogP contribution in [-0.4, -0.2) is 28.3 Å². The van der Waals surface area contributed by atoms with Gasteiger partial charge in [0, 0.05) is 31.1 Å². The molecule has 2 unspecified atom stereocenters. The van der Waals surface area contributed by atoms with Gasteiger partial charge in [-0.15, -0.1) is 0 Å². The minimum atomic E-state index is -1.45. The van der Waals surface area contributed by atoms with Crippen molar-refractivity contribution in [2.24, 2.45) is 11.8 Å². The van der Waals surface area contributed by atoms with Crippen molar-refractivity contribution >= 4 is 29.1 Å². The molecule has 3 aromatic rings. The Morgan fingerprint density at radius 2 is 1.16 bits per heavy atom. The molecule has 196 valence electrons. The van der Waals surface area contributed by atoms with Crippen LogP contribution in [0.4, 0.5) is 5.69 Å². The molecule has 0 aliphatic carbocycles. The van der Waals surface area contributed by atoms with Crippen LogP contribution in [0.3, 0.4) is 0 Å². The van der Waals surface area contributed by atoms with E-state index in [0.717, 1.165) is 11.1 Å². The van der Waals surface area contributed by atoms with Crippen LogP contribution in [0, 0.1) is 22.0 Å². The van der Waals surface area contributed by atoms with E-state index in [9.17, 15) is 29.3 Å². The third-order valence-electron chi connectivity index (χ3n) is 6.24. The first-order valence-electron chi connectivity index (χ1n) is 12.1. The second-order valence-electron chi connectivity index (χ2n) is 8.96. The van der Waals surface area contributed by atoms with Crippen molar-refractivity contribution in [3.63, 3.8) is 0 Å². The first kappa shape index (κ1) is 27.9. The van der Waals surface area contributed by atoms with Gasteiger partial charge in [-0.3, -0.25) is 29.3 Å². The Bertz CT molecular complexity index is 1240.